The molecule has 0 saturated carbocycles. The highest BCUT2D eigenvalue weighted by molar-refractivity contribution is 6.18. The molecule has 2 rings (SSSR count). The number of halogens is 2. The summed E-state index contributed by atoms with van der Waals surface area (Å²) in [6.45, 7) is 0.531. The van der Waals surface area contributed by atoms with Crippen molar-refractivity contribution < 1.29 is 4.74 Å². The van der Waals surface area contributed by atoms with Crippen molar-refractivity contribution in [1.29, 1.82) is 0 Å². The highest BCUT2D eigenvalue weighted by atomic mass is 35.5. The zero-order chi connectivity index (χ0) is 9.80. The van der Waals surface area contributed by atoms with Crippen LogP contribution in [0.4, 0.5) is 0 Å². The molecule has 0 radical (unpaired) electrons. The van der Waals surface area contributed by atoms with Gasteiger partial charge in [0, 0.05) is 23.2 Å². The predicted octanol–water partition coefficient (Wildman–Crippen LogP) is 3.27. The number of alkyl halides is 1. The quantitative estimate of drug-likeness (QED) is 0.773. The molecule has 0 N–H and O–H groups in total. The third-order valence-electron chi connectivity index (χ3n) is 1.98. The summed E-state index contributed by atoms with van der Waals surface area (Å²) in [4.78, 5) is 4.05. The van der Waals surface area contributed by atoms with Crippen molar-refractivity contribution in [1.82, 2.24) is 4.98 Å². The Balaban J connectivity index is 0.00000112. The molecule has 0 aliphatic heterocycles. The normalized spacial score (nSPS) is 9.67. The number of aromatic nitrogens is 1. The third kappa shape index (κ3) is 2.74. The van der Waals surface area contributed by atoms with E-state index in [9.17, 15) is 0 Å². The smallest absolute Gasteiger partial charge is 0.127 e. The van der Waals surface area contributed by atoms with E-state index in [1.165, 1.54) is 0 Å². The van der Waals surface area contributed by atoms with E-state index < -0.39 is 0 Å². The predicted molar refractivity (Wildman–Crippen MR) is 65.2 cm³/mol. The second-order valence-electron chi connectivity index (χ2n) is 2.89. The fourth-order valence-electron chi connectivity index (χ4n) is 1.37. The average molecular weight is 244 g/mol. The maximum Gasteiger partial charge on any atom is 0.127 e. The van der Waals surface area contributed by atoms with Gasteiger partial charge in [-0.15, -0.1) is 24.0 Å². The summed E-state index contributed by atoms with van der Waals surface area (Å²) in [5.74, 6) is 1.37. The van der Waals surface area contributed by atoms with Gasteiger partial charge in [0.2, 0.25) is 0 Å². The summed E-state index contributed by atoms with van der Waals surface area (Å²) in [5, 5.41) is 2.16. The Morgan fingerprint density at radius 3 is 2.93 bits per heavy atom. The van der Waals surface area contributed by atoms with Crippen molar-refractivity contribution in [2.24, 2.45) is 0 Å². The molecule has 2 nitrogen and oxygen atoms in total. The summed E-state index contributed by atoms with van der Waals surface area (Å²) in [7, 11) is 0. The van der Waals surface area contributed by atoms with Gasteiger partial charge < -0.3 is 4.74 Å². The molecular weight excluding hydrogens is 233 g/mol. The SMILES string of the molecule is Cl.ClCCOc1cccc2cnccc12. The van der Waals surface area contributed by atoms with Crippen LogP contribution in [0.25, 0.3) is 10.8 Å². The van der Waals surface area contributed by atoms with Crippen molar-refractivity contribution in [3.05, 3.63) is 36.7 Å². The van der Waals surface area contributed by atoms with Gasteiger partial charge in [-0.3, -0.25) is 4.98 Å². The number of hydrogen-bond acceptors (Lipinski definition) is 2. The fourth-order valence-corrected chi connectivity index (χ4v) is 1.44. The molecule has 4 heteroatoms. The van der Waals surface area contributed by atoms with Gasteiger partial charge in [-0.1, -0.05) is 12.1 Å². The molecule has 1 aromatic heterocycles. The van der Waals surface area contributed by atoms with E-state index in [4.69, 9.17) is 16.3 Å². The van der Waals surface area contributed by atoms with Crippen molar-refractivity contribution in [3.63, 3.8) is 0 Å². The summed E-state index contributed by atoms with van der Waals surface area (Å²) in [6, 6.07) is 7.84. The minimum atomic E-state index is 0. The lowest BCUT2D eigenvalue weighted by molar-refractivity contribution is 0.347. The van der Waals surface area contributed by atoms with Crippen molar-refractivity contribution in [2.75, 3.05) is 12.5 Å². The zero-order valence-electron chi connectivity index (χ0n) is 8.02. The fraction of sp³-hybridized carbons (Fsp3) is 0.182. The molecule has 15 heavy (non-hydrogen) atoms. The van der Waals surface area contributed by atoms with Gasteiger partial charge in [0.15, 0.2) is 0 Å². The first-order valence-electron chi connectivity index (χ1n) is 4.43. The Morgan fingerprint density at radius 1 is 1.27 bits per heavy atom. The largest absolute Gasteiger partial charge is 0.492 e. The van der Waals surface area contributed by atoms with Gasteiger partial charge in [-0.2, -0.15) is 0 Å². The maximum absolute atomic E-state index is 5.57. The van der Waals surface area contributed by atoms with E-state index in [-0.39, 0.29) is 12.4 Å². The van der Waals surface area contributed by atoms with E-state index in [1.54, 1.807) is 6.20 Å². The number of benzene rings is 1. The van der Waals surface area contributed by atoms with Crippen LogP contribution in [0.15, 0.2) is 36.7 Å². The number of pyridine rings is 1. The Kier molecular flexibility index (Phi) is 4.66. The van der Waals surface area contributed by atoms with E-state index >= 15 is 0 Å². The molecule has 0 aliphatic rings. The van der Waals surface area contributed by atoms with Crippen LogP contribution in [0.5, 0.6) is 5.75 Å². The molecule has 0 amide bonds. The Morgan fingerprint density at radius 2 is 2.13 bits per heavy atom. The number of ether oxygens (including phenoxy) is 1. The van der Waals surface area contributed by atoms with Crippen LogP contribution in [0, 0.1) is 0 Å². The minimum Gasteiger partial charge on any atom is -0.492 e. The molecular formula is C11H11Cl2NO. The van der Waals surface area contributed by atoms with Crippen LogP contribution >= 0.6 is 24.0 Å². The zero-order valence-corrected chi connectivity index (χ0v) is 9.59. The van der Waals surface area contributed by atoms with E-state index in [0.717, 1.165) is 16.5 Å². The molecule has 2 aromatic rings. The molecule has 0 fully saturated rings. The van der Waals surface area contributed by atoms with Gasteiger partial charge in [0.25, 0.3) is 0 Å². The summed E-state index contributed by atoms with van der Waals surface area (Å²) in [5.41, 5.74) is 0. The Hall–Kier alpha value is -0.990. The molecule has 0 bridgehead atoms. The van der Waals surface area contributed by atoms with Crippen LogP contribution in [0.3, 0.4) is 0 Å². The summed E-state index contributed by atoms with van der Waals surface area (Å²) in [6.07, 6.45) is 3.58. The monoisotopic (exact) mass is 243 g/mol. The van der Waals surface area contributed by atoms with Crippen molar-refractivity contribution in [2.45, 2.75) is 0 Å². The molecule has 0 aliphatic carbocycles. The first kappa shape index (κ1) is 12.1. The lowest BCUT2D eigenvalue weighted by atomic mass is 10.1. The maximum atomic E-state index is 5.57. The molecule has 0 saturated heterocycles. The van der Waals surface area contributed by atoms with Crippen LogP contribution in [-0.4, -0.2) is 17.5 Å². The lowest BCUT2D eigenvalue weighted by Crippen LogP contribution is -1.98. The van der Waals surface area contributed by atoms with Crippen LogP contribution < -0.4 is 4.74 Å². The van der Waals surface area contributed by atoms with Crippen molar-refractivity contribution in [3.8, 4) is 5.75 Å². The first-order chi connectivity index (χ1) is 6.92. The molecule has 1 aromatic carbocycles. The van der Waals surface area contributed by atoms with E-state index in [2.05, 4.69) is 4.98 Å². The second kappa shape index (κ2) is 5.79. The van der Waals surface area contributed by atoms with Gasteiger partial charge in [0.05, 0.1) is 5.88 Å². The lowest BCUT2D eigenvalue weighted by Gasteiger charge is -2.06. The van der Waals surface area contributed by atoms with E-state index in [1.807, 2.05) is 30.5 Å². The first-order valence-corrected chi connectivity index (χ1v) is 4.97. The summed E-state index contributed by atoms with van der Waals surface area (Å²) >= 11 is 5.57. The van der Waals surface area contributed by atoms with Crippen LogP contribution in [-0.2, 0) is 0 Å². The Bertz CT molecular complexity index is 428. The van der Waals surface area contributed by atoms with Gasteiger partial charge >= 0.3 is 0 Å². The summed E-state index contributed by atoms with van der Waals surface area (Å²) < 4.78 is 5.51. The number of nitrogens with zero attached hydrogens (tertiary/aromatic N) is 1. The molecule has 0 spiro atoms. The number of rotatable bonds is 3. The molecule has 80 valence electrons. The molecule has 0 unspecified atom stereocenters. The van der Waals surface area contributed by atoms with Gasteiger partial charge in [0.1, 0.15) is 12.4 Å². The second-order valence-corrected chi connectivity index (χ2v) is 3.27. The van der Waals surface area contributed by atoms with Gasteiger partial charge in [-0.25, -0.2) is 0 Å². The average Bonchev–Trinajstić information content (AvgIpc) is 2.26. The van der Waals surface area contributed by atoms with Gasteiger partial charge in [-0.05, 0) is 12.1 Å². The number of fused-ring (bicyclic) bond motifs is 1. The minimum absolute atomic E-state index is 0. The topological polar surface area (TPSA) is 22.1 Å². The van der Waals surface area contributed by atoms with Crippen LogP contribution in [0.1, 0.15) is 0 Å². The van der Waals surface area contributed by atoms with Crippen LogP contribution in [0.2, 0.25) is 0 Å². The molecule has 0 atom stereocenters. The highest BCUT2D eigenvalue weighted by Crippen LogP contribution is 2.24. The number of hydrogen-bond donors (Lipinski definition) is 0. The third-order valence-corrected chi connectivity index (χ3v) is 2.13. The standard InChI is InChI=1S/C11H10ClNO.ClH/c12-5-7-14-11-3-1-2-9-8-13-6-4-10(9)11;/h1-4,6,8H,5,7H2;1H. The Labute approximate surface area is 99.6 Å². The molecule has 1 heterocycles. The van der Waals surface area contributed by atoms with E-state index in [0.29, 0.717) is 12.5 Å². The highest BCUT2D eigenvalue weighted by Gasteiger charge is 2.00. The van der Waals surface area contributed by atoms with Crippen molar-refractivity contribution >= 4 is 34.8 Å².